The van der Waals surface area contributed by atoms with Gasteiger partial charge in [-0.2, -0.15) is 0 Å². The molecule has 7 heteroatoms. The Kier molecular flexibility index (Phi) is 4.27. The van der Waals surface area contributed by atoms with Gasteiger partial charge in [0.15, 0.2) is 0 Å². The van der Waals surface area contributed by atoms with Gasteiger partial charge in [0.2, 0.25) is 5.89 Å². The van der Waals surface area contributed by atoms with Crippen LogP contribution in [-0.4, -0.2) is 15.0 Å². The average molecular weight is 371 g/mol. The van der Waals surface area contributed by atoms with Crippen molar-refractivity contribution in [1.82, 2.24) is 15.0 Å². The zero-order chi connectivity index (χ0) is 17.4. The minimum absolute atomic E-state index is 0.0705. The predicted octanol–water partition coefficient (Wildman–Crippen LogP) is 4.49. The first-order valence-corrected chi connectivity index (χ1v) is 9.83. The minimum atomic E-state index is -0.0705. The third-order valence-corrected chi connectivity index (χ3v) is 5.61. The second-order valence-electron chi connectivity index (χ2n) is 6.35. The summed E-state index contributed by atoms with van der Waals surface area (Å²) in [7, 11) is 0. The molecule has 0 fully saturated rings. The fourth-order valence-electron chi connectivity index (χ4n) is 2.80. The molecule has 0 saturated carbocycles. The SMILES string of the molecule is CC(C)Cc1csc2nc(Cc3coc(-c4cccs4)n3)[nH]c(=O)c12. The van der Waals surface area contributed by atoms with Gasteiger partial charge in [0.05, 0.1) is 22.4 Å². The Morgan fingerprint density at radius 3 is 2.92 bits per heavy atom. The Labute approximate surface area is 152 Å². The second-order valence-corrected chi connectivity index (χ2v) is 8.16. The molecule has 0 unspecified atom stereocenters. The number of thiophene rings is 2. The molecule has 4 aromatic heterocycles. The van der Waals surface area contributed by atoms with Crippen LogP contribution < -0.4 is 5.56 Å². The number of oxazole rings is 1. The summed E-state index contributed by atoms with van der Waals surface area (Å²) in [5, 5.41) is 4.75. The van der Waals surface area contributed by atoms with Crippen LogP contribution in [0.25, 0.3) is 21.0 Å². The lowest BCUT2D eigenvalue weighted by molar-refractivity contribution is 0.574. The zero-order valence-corrected chi connectivity index (χ0v) is 15.5. The van der Waals surface area contributed by atoms with Crippen molar-refractivity contribution in [1.29, 1.82) is 0 Å². The number of aromatic amines is 1. The van der Waals surface area contributed by atoms with Crippen LogP contribution in [0.15, 0.2) is 38.4 Å². The van der Waals surface area contributed by atoms with Crippen molar-refractivity contribution in [2.75, 3.05) is 0 Å². The van der Waals surface area contributed by atoms with Crippen LogP contribution in [0.2, 0.25) is 0 Å². The first kappa shape index (κ1) is 16.2. The topological polar surface area (TPSA) is 71.8 Å². The number of hydrogen-bond acceptors (Lipinski definition) is 6. The number of aromatic nitrogens is 3. The molecular weight excluding hydrogens is 354 g/mol. The van der Waals surface area contributed by atoms with E-state index in [0.717, 1.165) is 32.8 Å². The summed E-state index contributed by atoms with van der Waals surface area (Å²) in [5.74, 6) is 1.72. The van der Waals surface area contributed by atoms with Crippen LogP contribution in [0.3, 0.4) is 0 Å². The Balaban J connectivity index is 1.63. The summed E-state index contributed by atoms with van der Waals surface area (Å²) in [6.07, 6.45) is 2.95. The largest absolute Gasteiger partial charge is 0.444 e. The van der Waals surface area contributed by atoms with Crippen LogP contribution in [0.1, 0.15) is 30.9 Å². The molecule has 128 valence electrons. The molecule has 4 heterocycles. The first-order valence-electron chi connectivity index (χ1n) is 8.07. The van der Waals surface area contributed by atoms with Crippen LogP contribution in [0.5, 0.6) is 0 Å². The average Bonchev–Trinajstić information content (AvgIpc) is 3.27. The summed E-state index contributed by atoms with van der Waals surface area (Å²) in [6, 6.07) is 3.93. The molecule has 0 aliphatic carbocycles. The van der Waals surface area contributed by atoms with Crippen LogP contribution >= 0.6 is 22.7 Å². The normalized spacial score (nSPS) is 11.6. The molecule has 4 rings (SSSR count). The lowest BCUT2D eigenvalue weighted by Crippen LogP contribution is -2.13. The highest BCUT2D eigenvalue weighted by molar-refractivity contribution is 7.16. The molecule has 0 bridgehead atoms. The summed E-state index contributed by atoms with van der Waals surface area (Å²) in [4.78, 5) is 26.3. The highest BCUT2D eigenvalue weighted by Gasteiger charge is 2.14. The van der Waals surface area contributed by atoms with Gasteiger partial charge in [-0.3, -0.25) is 4.79 Å². The lowest BCUT2D eigenvalue weighted by atomic mass is 10.0. The molecule has 4 aromatic rings. The van der Waals surface area contributed by atoms with Gasteiger partial charge in [0, 0.05) is 0 Å². The molecule has 25 heavy (non-hydrogen) atoms. The minimum Gasteiger partial charge on any atom is -0.444 e. The van der Waals surface area contributed by atoms with Gasteiger partial charge in [-0.15, -0.1) is 22.7 Å². The summed E-state index contributed by atoms with van der Waals surface area (Å²) in [6.45, 7) is 4.30. The molecular formula is C18H17N3O2S2. The summed E-state index contributed by atoms with van der Waals surface area (Å²) in [5.41, 5.74) is 1.76. The maximum Gasteiger partial charge on any atom is 0.259 e. The first-order chi connectivity index (χ1) is 12.1. The van der Waals surface area contributed by atoms with Crippen molar-refractivity contribution >= 4 is 32.9 Å². The number of rotatable bonds is 5. The van der Waals surface area contributed by atoms with Crippen LogP contribution in [0, 0.1) is 5.92 Å². The molecule has 0 radical (unpaired) electrons. The quantitative estimate of drug-likeness (QED) is 0.561. The van der Waals surface area contributed by atoms with Crippen molar-refractivity contribution in [3.63, 3.8) is 0 Å². The summed E-state index contributed by atoms with van der Waals surface area (Å²) < 4.78 is 5.53. The number of fused-ring (bicyclic) bond motifs is 1. The van der Waals surface area contributed by atoms with Crippen molar-refractivity contribution in [2.24, 2.45) is 5.92 Å². The maximum absolute atomic E-state index is 12.5. The van der Waals surface area contributed by atoms with Crippen LogP contribution in [0.4, 0.5) is 0 Å². The highest BCUT2D eigenvalue weighted by atomic mass is 32.1. The molecule has 0 aliphatic heterocycles. The van der Waals surface area contributed by atoms with E-state index in [1.165, 1.54) is 11.3 Å². The van der Waals surface area contributed by atoms with E-state index in [0.29, 0.717) is 24.1 Å². The Morgan fingerprint density at radius 1 is 1.28 bits per heavy atom. The predicted molar refractivity (Wildman–Crippen MR) is 101 cm³/mol. The number of hydrogen-bond donors (Lipinski definition) is 1. The van der Waals surface area contributed by atoms with E-state index in [2.05, 4.69) is 28.8 Å². The van der Waals surface area contributed by atoms with E-state index in [1.54, 1.807) is 17.6 Å². The second kappa shape index (κ2) is 6.57. The lowest BCUT2D eigenvalue weighted by Gasteiger charge is -2.03. The fourth-order valence-corrected chi connectivity index (χ4v) is 4.43. The fraction of sp³-hybridized carbons (Fsp3) is 0.278. The number of nitrogens with zero attached hydrogens (tertiary/aromatic N) is 2. The molecule has 0 amide bonds. The molecule has 1 N–H and O–H groups in total. The molecule has 0 spiro atoms. The van der Waals surface area contributed by atoms with Crippen molar-refractivity contribution in [3.05, 3.63) is 56.6 Å². The Bertz CT molecular complexity index is 1060. The molecule has 0 aromatic carbocycles. The standard InChI is InChI=1S/C18H17N3O2S2/c1-10(2)6-11-9-25-18-15(11)16(22)20-14(21-18)7-12-8-23-17(19-12)13-4-3-5-24-13/h3-5,8-10H,6-7H2,1-2H3,(H,20,21,22). The van der Waals surface area contributed by atoms with E-state index in [9.17, 15) is 4.79 Å². The Morgan fingerprint density at radius 2 is 2.16 bits per heavy atom. The van der Waals surface area contributed by atoms with Crippen molar-refractivity contribution in [3.8, 4) is 10.8 Å². The van der Waals surface area contributed by atoms with E-state index >= 15 is 0 Å². The smallest absolute Gasteiger partial charge is 0.259 e. The van der Waals surface area contributed by atoms with E-state index in [-0.39, 0.29) is 5.56 Å². The summed E-state index contributed by atoms with van der Waals surface area (Å²) >= 11 is 3.10. The van der Waals surface area contributed by atoms with Gasteiger partial charge in [0.1, 0.15) is 16.9 Å². The maximum atomic E-state index is 12.5. The van der Waals surface area contributed by atoms with Gasteiger partial charge in [-0.1, -0.05) is 19.9 Å². The van der Waals surface area contributed by atoms with Gasteiger partial charge < -0.3 is 9.40 Å². The van der Waals surface area contributed by atoms with E-state index < -0.39 is 0 Å². The van der Waals surface area contributed by atoms with Crippen molar-refractivity contribution < 1.29 is 4.42 Å². The van der Waals surface area contributed by atoms with Gasteiger partial charge in [0.25, 0.3) is 5.56 Å². The van der Waals surface area contributed by atoms with Gasteiger partial charge in [-0.25, -0.2) is 9.97 Å². The zero-order valence-electron chi connectivity index (χ0n) is 13.9. The third-order valence-electron chi connectivity index (χ3n) is 3.83. The Hall–Kier alpha value is -2.25. The molecule has 0 saturated heterocycles. The van der Waals surface area contributed by atoms with Crippen molar-refractivity contribution in [2.45, 2.75) is 26.7 Å². The van der Waals surface area contributed by atoms with Gasteiger partial charge in [-0.05, 0) is 34.7 Å². The van der Waals surface area contributed by atoms with E-state index in [1.807, 2.05) is 22.9 Å². The third kappa shape index (κ3) is 3.29. The number of H-pyrrole nitrogens is 1. The molecule has 0 atom stereocenters. The van der Waals surface area contributed by atoms with Crippen LogP contribution in [-0.2, 0) is 12.8 Å². The highest BCUT2D eigenvalue weighted by Crippen LogP contribution is 2.25. The molecule has 5 nitrogen and oxygen atoms in total. The number of nitrogens with one attached hydrogen (secondary N) is 1. The molecule has 0 aliphatic rings. The van der Waals surface area contributed by atoms with E-state index in [4.69, 9.17) is 4.42 Å². The monoisotopic (exact) mass is 371 g/mol. The van der Waals surface area contributed by atoms with Gasteiger partial charge >= 0.3 is 0 Å².